The summed E-state index contributed by atoms with van der Waals surface area (Å²) in [6.45, 7) is 4.66. The summed E-state index contributed by atoms with van der Waals surface area (Å²) in [6, 6.07) is 12.6. The molecule has 1 aliphatic heterocycles. The zero-order valence-corrected chi connectivity index (χ0v) is 18.4. The predicted molar refractivity (Wildman–Crippen MR) is 114 cm³/mol. The fourth-order valence-electron chi connectivity index (χ4n) is 3.53. The van der Waals surface area contributed by atoms with Gasteiger partial charge in [0, 0.05) is 38.3 Å². The number of esters is 1. The van der Waals surface area contributed by atoms with E-state index in [1.54, 1.807) is 23.5 Å². The van der Waals surface area contributed by atoms with Gasteiger partial charge in [-0.15, -0.1) is 0 Å². The van der Waals surface area contributed by atoms with Gasteiger partial charge in [-0.3, -0.25) is 9.69 Å². The van der Waals surface area contributed by atoms with Crippen molar-refractivity contribution in [3.8, 4) is 5.75 Å². The van der Waals surface area contributed by atoms with E-state index in [9.17, 15) is 13.2 Å². The average molecular weight is 433 g/mol. The molecule has 0 aliphatic carbocycles. The molecule has 0 atom stereocenters. The molecule has 7 nitrogen and oxygen atoms in total. The third-order valence-corrected chi connectivity index (χ3v) is 7.22. The highest BCUT2D eigenvalue weighted by atomic mass is 32.2. The van der Waals surface area contributed by atoms with E-state index in [1.807, 2.05) is 37.3 Å². The minimum Gasteiger partial charge on any atom is -0.496 e. The van der Waals surface area contributed by atoms with Crippen LogP contribution in [0.2, 0.25) is 0 Å². The molecule has 1 saturated heterocycles. The predicted octanol–water partition coefficient (Wildman–Crippen LogP) is 2.23. The van der Waals surface area contributed by atoms with Gasteiger partial charge in [-0.05, 0) is 30.7 Å². The number of carbonyl (C=O) groups excluding carboxylic acids is 1. The molecule has 3 rings (SSSR count). The Hall–Kier alpha value is -2.42. The Labute approximate surface area is 178 Å². The highest BCUT2D eigenvalue weighted by Gasteiger charge is 2.28. The molecule has 0 amide bonds. The fourth-order valence-corrected chi connectivity index (χ4v) is 4.95. The Kier molecular flexibility index (Phi) is 7.12. The molecule has 162 valence electrons. The molecule has 0 radical (unpaired) electrons. The van der Waals surface area contributed by atoms with Crippen LogP contribution in [-0.4, -0.2) is 64.0 Å². The maximum Gasteiger partial charge on any atom is 0.309 e. The second-order valence-electron chi connectivity index (χ2n) is 7.39. The Morgan fingerprint density at radius 3 is 2.27 bits per heavy atom. The number of hydrogen-bond acceptors (Lipinski definition) is 6. The van der Waals surface area contributed by atoms with Crippen LogP contribution in [-0.2, 0) is 32.5 Å². The number of methoxy groups -OCH3 is 2. The summed E-state index contributed by atoms with van der Waals surface area (Å²) in [5.41, 5.74) is 2.86. The molecule has 0 spiro atoms. The maximum absolute atomic E-state index is 12.9. The average Bonchev–Trinajstić information content (AvgIpc) is 2.74. The highest BCUT2D eigenvalue weighted by Crippen LogP contribution is 2.24. The third-order valence-electron chi connectivity index (χ3n) is 5.30. The standard InChI is InChI=1S/C22H28N2O5S/c1-17-4-7-20(8-5-17)30(26,27)24-12-10-23(11-13-24)16-19-14-18(15-22(25)29-3)6-9-21(19)28-2/h4-9,14H,10-13,15-16H2,1-3H3. The molecule has 0 unspecified atom stereocenters. The number of sulfonamides is 1. The maximum atomic E-state index is 12.9. The van der Waals surface area contributed by atoms with Gasteiger partial charge in [-0.1, -0.05) is 29.8 Å². The number of ether oxygens (including phenoxy) is 2. The molecule has 1 heterocycles. The fraction of sp³-hybridized carbons (Fsp3) is 0.409. The summed E-state index contributed by atoms with van der Waals surface area (Å²) in [5.74, 6) is 0.458. The van der Waals surface area contributed by atoms with E-state index in [0.717, 1.165) is 22.4 Å². The smallest absolute Gasteiger partial charge is 0.309 e. The molecule has 0 N–H and O–H groups in total. The summed E-state index contributed by atoms with van der Waals surface area (Å²) in [5, 5.41) is 0. The topological polar surface area (TPSA) is 76.2 Å². The van der Waals surface area contributed by atoms with E-state index in [0.29, 0.717) is 37.6 Å². The van der Waals surface area contributed by atoms with Crippen molar-refractivity contribution in [1.29, 1.82) is 0 Å². The van der Waals surface area contributed by atoms with Gasteiger partial charge in [0.15, 0.2) is 0 Å². The largest absolute Gasteiger partial charge is 0.496 e. The van der Waals surface area contributed by atoms with Crippen LogP contribution >= 0.6 is 0 Å². The molecule has 0 saturated carbocycles. The van der Waals surface area contributed by atoms with E-state index in [-0.39, 0.29) is 12.4 Å². The van der Waals surface area contributed by atoms with Gasteiger partial charge < -0.3 is 9.47 Å². The molecule has 0 bridgehead atoms. The second-order valence-corrected chi connectivity index (χ2v) is 9.33. The number of benzene rings is 2. The number of rotatable bonds is 7. The van der Waals surface area contributed by atoms with Crippen LogP contribution < -0.4 is 4.74 Å². The first-order valence-electron chi connectivity index (χ1n) is 9.85. The van der Waals surface area contributed by atoms with Crippen molar-refractivity contribution in [2.75, 3.05) is 40.4 Å². The van der Waals surface area contributed by atoms with Gasteiger partial charge in [0.05, 0.1) is 25.5 Å². The van der Waals surface area contributed by atoms with Crippen molar-refractivity contribution < 1.29 is 22.7 Å². The molecule has 30 heavy (non-hydrogen) atoms. The molecule has 1 aliphatic rings. The van der Waals surface area contributed by atoms with E-state index in [2.05, 4.69) is 4.90 Å². The summed E-state index contributed by atoms with van der Waals surface area (Å²) >= 11 is 0. The van der Waals surface area contributed by atoms with Gasteiger partial charge in [-0.2, -0.15) is 4.31 Å². The summed E-state index contributed by atoms with van der Waals surface area (Å²) in [7, 11) is -0.493. The number of carbonyl (C=O) groups is 1. The minimum absolute atomic E-state index is 0.204. The molecule has 0 aromatic heterocycles. The molecule has 2 aromatic carbocycles. The summed E-state index contributed by atoms with van der Waals surface area (Å²) in [6.07, 6.45) is 0.204. The molecular formula is C22H28N2O5S. The Bertz CT molecular complexity index is 981. The van der Waals surface area contributed by atoms with Gasteiger partial charge in [0.1, 0.15) is 5.75 Å². The van der Waals surface area contributed by atoms with Crippen LogP contribution in [0.3, 0.4) is 0 Å². The lowest BCUT2D eigenvalue weighted by atomic mass is 10.1. The highest BCUT2D eigenvalue weighted by molar-refractivity contribution is 7.89. The Morgan fingerprint density at radius 2 is 1.67 bits per heavy atom. The van der Waals surface area contributed by atoms with Crippen LogP contribution in [0.5, 0.6) is 5.75 Å². The minimum atomic E-state index is -3.48. The van der Waals surface area contributed by atoms with Crippen LogP contribution in [0, 0.1) is 6.92 Å². The molecule has 1 fully saturated rings. The number of piperazine rings is 1. The van der Waals surface area contributed by atoms with Crippen LogP contribution in [0.15, 0.2) is 47.4 Å². The SMILES string of the molecule is COC(=O)Cc1ccc(OC)c(CN2CCN(S(=O)(=O)c3ccc(C)cc3)CC2)c1. The summed E-state index contributed by atoms with van der Waals surface area (Å²) < 4.78 is 37.5. The van der Waals surface area contributed by atoms with Gasteiger partial charge in [0.2, 0.25) is 10.0 Å². The molecule has 2 aromatic rings. The number of hydrogen-bond donors (Lipinski definition) is 0. The zero-order valence-electron chi connectivity index (χ0n) is 17.6. The Morgan fingerprint density at radius 1 is 1.00 bits per heavy atom. The molecule has 8 heteroatoms. The monoisotopic (exact) mass is 432 g/mol. The van der Waals surface area contributed by atoms with Gasteiger partial charge in [0.25, 0.3) is 0 Å². The first-order chi connectivity index (χ1) is 14.3. The molecular weight excluding hydrogens is 404 g/mol. The van der Waals surface area contributed by atoms with Crippen LogP contribution in [0.4, 0.5) is 0 Å². The van der Waals surface area contributed by atoms with E-state index in [4.69, 9.17) is 9.47 Å². The van der Waals surface area contributed by atoms with E-state index in [1.165, 1.54) is 7.11 Å². The Balaban J connectivity index is 1.66. The first-order valence-corrected chi connectivity index (χ1v) is 11.3. The lowest BCUT2D eigenvalue weighted by Gasteiger charge is -2.34. The normalized spacial score (nSPS) is 15.7. The zero-order chi connectivity index (χ0) is 21.7. The van der Waals surface area contributed by atoms with Crippen molar-refractivity contribution in [3.63, 3.8) is 0 Å². The van der Waals surface area contributed by atoms with Crippen molar-refractivity contribution in [1.82, 2.24) is 9.21 Å². The van der Waals surface area contributed by atoms with Gasteiger partial charge in [-0.25, -0.2) is 8.42 Å². The number of nitrogens with zero attached hydrogens (tertiary/aromatic N) is 2. The number of aryl methyl sites for hydroxylation is 1. The van der Waals surface area contributed by atoms with Crippen LogP contribution in [0.25, 0.3) is 0 Å². The first kappa shape index (κ1) is 22.3. The van der Waals surface area contributed by atoms with Gasteiger partial charge >= 0.3 is 5.97 Å². The van der Waals surface area contributed by atoms with Crippen molar-refractivity contribution in [2.24, 2.45) is 0 Å². The van der Waals surface area contributed by atoms with Crippen LogP contribution in [0.1, 0.15) is 16.7 Å². The van der Waals surface area contributed by atoms with Crippen molar-refractivity contribution in [3.05, 3.63) is 59.2 Å². The van der Waals surface area contributed by atoms with Crippen molar-refractivity contribution >= 4 is 16.0 Å². The second kappa shape index (κ2) is 9.59. The van der Waals surface area contributed by atoms with E-state index >= 15 is 0 Å². The van der Waals surface area contributed by atoms with E-state index < -0.39 is 10.0 Å². The quantitative estimate of drug-likeness (QED) is 0.625. The summed E-state index contributed by atoms with van der Waals surface area (Å²) in [4.78, 5) is 14.1. The third kappa shape index (κ3) is 5.19. The lowest BCUT2D eigenvalue weighted by molar-refractivity contribution is -0.139. The van der Waals surface area contributed by atoms with Crippen molar-refractivity contribution in [2.45, 2.75) is 24.8 Å². The lowest BCUT2D eigenvalue weighted by Crippen LogP contribution is -2.48.